The highest BCUT2D eigenvalue weighted by Gasteiger charge is 2.42. The molecule has 1 aliphatic heterocycles. The van der Waals surface area contributed by atoms with Gasteiger partial charge in [0.15, 0.2) is 5.78 Å². The zero-order valence-corrected chi connectivity index (χ0v) is 22.3. The van der Waals surface area contributed by atoms with Gasteiger partial charge in [-0.25, -0.2) is 9.80 Å². The van der Waals surface area contributed by atoms with Crippen molar-refractivity contribution in [2.75, 3.05) is 13.7 Å². The lowest BCUT2D eigenvalue weighted by Gasteiger charge is -2.29. The van der Waals surface area contributed by atoms with Gasteiger partial charge in [-0.2, -0.15) is 5.01 Å². The molecule has 0 fully saturated rings. The molecule has 1 heterocycles. The molecule has 0 radical (unpaired) electrons. The van der Waals surface area contributed by atoms with Gasteiger partial charge >= 0.3 is 5.97 Å². The average molecular weight is 569 g/mol. The number of nitrogens with zero attached hydrogens (tertiary/aromatic N) is 2. The minimum Gasteiger partial charge on any atom is -0.497 e. The molecule has 0 saturated heterocycles. The number of ketones is 1. The Kier molecular flexibility index (Phi) is 7.62. The van der Waals surface area contributed by atoms with E-state index in [0.717, 1.165) is 5.01 Å². The number of methoxy groups -OCH3 is 1. The standard InChI is InChI=1S/C31H21ClN2O7/c1-40-24-6-4-5-21(17-24)31(39)41-23-15-11-19(12-16-23)27(35)18-33(28(36)20-9-13-22(32)14-10-20)34-29(37)25-7-2-3-8-26(25)30(34)38/h2-17H,18H2,1H3. The molecule has 204 valence electrons. The van der Waals surface area contributed by atoms with Crippen molar-refractivity contribution < 1.29 is 33.4 Å². The Morgan fingerprint density at radius 3 is 1.95 bits per heavy atom. The highest BCUT2D eigenvalue weighted by atomic mass is 35.5. The molecule has 41 heavy (non-hydrogen) atoms. The van der Waals surface area contributed by atoms with Crippen LogP contribution in [0.1, 0.15) is 51.8 Å². The number of rotatable bonds is 8. The van der Waals surface area contributed by atoms with Crippen LogP contribution in [0, 0.1) is 0 Å². The van der Waals surface area contributed by atoms with E-state index in [2.05, 4.69) is 0 Å². The van der Waals surface area contributed by atoms with Crippen LogP contribution < -0.4 is 9.47 Å². The van der Waals surface area contributed by atoms with E-state index in [1.54, 1.807) is 30.3 Å². The van der Waals surface area contributed by atoms with Crippen LogP contribution in [0.3, 0.4) is 0 Å². The van der Waals surface area contributed by atoms with Gasteiger partial charge in [0.25, 0.3) is 17.7 Å². The first-order chi connectivity index (χ1) is 19.8. The minimum absolute atomic E-state index is 0.124. The molecule has 9 nitrogen and oxygen atoms in total. The van der Waals surface area contributed by atoms with Crippen molar-refractivity contribution in [1.82, 2.24) is 10.0 Å². The lowest BCUT2D eigenvalue weighted by Crippen LogP contribution is -2.51. The number of imide groups is 1. The number of carbonyl (C=O) groups excluding carboxylic acids is 5. The normalized spacial score (nSPS) is 12.1. The van der Waals surface area contributed by atoms with Crippen LogP contribution >= 0.6 is 11.6 Å². The summed E-state index contributed by atoms with van der Waals surface area (Å²) in [4.78, 5) is 65.7. The van der Waals surface area contributed by atoms with E-state index in [1.807, 2.05) is 0 Å². The molecule has 3 amide bonds. The van der Waals surface area contributed by atoms with Crippen molar-refractivity contribution in [2.24, 2.45) is 0 Å². The van der Waals surface area contributed by atoms with Gasteiger partial charge in [-0.15, -0.1) is 0 Å². The van der Waals surface area contributed by atoms with Gasteiger partial charge in [0, 0.05) is 16.1 Å². The second-order valence-electron chi connectivity index (χ2n) is 8.91. The second kappa shape index (κ2) is 11.4. The predicted molar refractivity (Wildman–Crippen MR) is 148 cm³/mol. The Morgan fingerprint density at radius 2 is 1.34 bits per heavy atom. The molecule has 4 aromatic rings. The van der Waals surface area contributed by atoms with Crippen LogP contribution in [0.2, 0.25) is 5.02 Å². The Balaban J connectivity index is 1.37. The Bertz CT molecular complexity index is 1650. The minimum atomic E-state index is -0.742. The molecular weight excluding hydrogens is 548 g/mol. The molecule has 0 unspecified atom stereocenters. The van der Waals surface area contributed by atoms with Gasteiger partial charge in [0.1, 0.15) is 18.0 Å². The van der Waals surface area contributed by atoms with Crippen molar-refractivity contribution in [3.8, 4) is 11.5 Å². The maximum atomic E-state index is 13.5. The number of halogens is 1. The number of ether oxygens (including phenoxy) is 2. The monoisotopic (exact) mass is 568 g/mol. The summed E-state index contributed by atoms with van der Waals surface area (Å²) >= 11 is 5.95. The van der Waals surface area contributed by atoms with Gasteiger partial charge in [0.05, 0.1) is 23.8 Å². The summed E-state index contributed by atoms with van der Waals surface area (Å²) < 4.78 is 10.5. The summed E-state index contributed by atoms with van der Waals surface area (Å²) in [6.45, 7) is -0.615. The smallest absolute Gasteiger partial charge is 0.343 e. The first kappa shape index (κ1) is 27.3. The van der Waals surface area contributed by atoms with Crippen molar-refractivity contribution in [2.45, 2.75) is 0 Å². The Labute approximate surface area is 239 Å². The van der Waals surface area contributed by atoms with Gasteiger partial charge in [-0.05, 0) is 78.9 Å². The summed E-state index contributed by atoms with van der Waals surface area (Å²) in [6.07, 6.45) is 0. The second-order valence-corrected chi connectivity index (χ2v) is 9.34. The molecule has 0 atom stereocenters. The Morgan fingerprint density at radius 1 is 0.732 bits per heavy atom. The highest BCUT2D eigenvalue weighted by Crippen LogP contribution is 2.26. The van der Waals surface area contributed by atoms with Crippen LogP contribution in [-0.2, 0) is 0 Å². The number of esters is 1. The summed E-state index contributed by atoms with van der Waals surface area (Å²) in [5.74, 6) is -2.68. The number of carbonyl (C=O) groups is 5. The van der Waals surface area contributed by atoms with E-state index in [-0.39, 0.29) is 33.6 Å². The fourth-order valence-electron chi connectivity index (χ4n) is 4.22. The van der Waals surface area contributed by atoms with E-state index in [4.69, 9.17) is 21.1 Å². The maximum absolute atomic E-state index is 13.5. The largest absolute Gasteiger partial charge is 0.497 e. The van der Waals surface area contributed by atoms with E-state index in [9.17, 15) is 24.0 Å². The molecule has 1 aliphatic rings. The number of amides is 3. The third-order valence-corrected chi connectivity index (χ3v) is 6.58. The number of hydrogen-bond acceptors (Lipinski definition) is 7. The third-order valence-electron chi connectivity index (χ3n) is 6.33. The fourth-order valence-corrected chi connectivity index (χ4v) is 4.35. The molecule has 0 bridgehead atoms. The topological polar surface area (TPSA) is 110 Å². The number of fused-ring (bicyclic) bond motifs is 1. The number of benzene rings is 4. The van der Waals surface area contributed by atoms with Crippen molar-refractivity contribution >= 4 is 41.1 Å². The summed E-state index contributed by atoms with van der Waals surface area (Å²) in [5, 5.41) is 1.90. The van der Waals surface area contributed by atoms with Crippen molar-refractivity contribution in [1.29, 1.82) is 0 Å². The molecule has 4 aromatic carbocycles. The summed E-state index contributed by atoms with van der Waals surface area (Å²) in [6, 6.07) is 24.2. The molecule has 0 aromatic heterocycles. The van der Waals surface area contributed by atoms with Crippen molar-refractivity contribution in [3.63, 3.8) is 0 Å². The lowest BCUT2D eigenvalue weighted by molar-refractivity contribution is 0.00531. The first-order valence-corrected chi connectivity index (χ1v) is 12.7. The van der Waals surface area contributed by atoms with E-state index in [1.165, 1.54) is 73.8 Å². The number of Topliss-reactive ketones (excluding diaryl/α,β-unsaturated/α-hetero) is 1. The van der Waals surface area contributed by atoms with Crippen LogP contribution in [-0.4, -0.2) is 53.1 Å². The van der Waals surface area contributed by atoms with E-state index < -0.39 is 36.0 Å². The zero-order valence-electron chi connectivity index (χ0n) is 21.6. The number of hydrazine groups is 1. The van der Waals surface area contributed by atoms with Gasteiger partial charge in [-0.3, -0.25) is 19.2 Å². The van der Waals surface area contributed by atoms with Crippen LogP contribution in [0.4, 0.5) is 0 Å². The molecule has 10 heteroatoms. The first-order valence-electron chi connectivity index (χ1n) is 12.3. The average Bonchev–Trinajstić information content (AvgIpc) is 3.25. The quantitative estimate of drug-likeness (QED) is 0.126. The van der Waals surface area contributed by atoms with Gasteiger partial charge in [0.2, 0.25) is 0 Å². The van der Waals surface area contributed by atoms with Crippen LogP contribution in [0.25, 0.3) is 0 Å². The van der Waals surface area contributed by atoms with Gasteiger partial charge < -0.3 is 9.47 Å². The zero-order chi connectivity index (χ0) is 29.1. The lowest BCUT2D eigenvalue weighted by atomic mass is 10.1. The molecule has 0 saturated carbocycles. The van der Waals surface area contributed by atoms with E-state index >= 15 is 0 Å². The molecular formula is C31H21ClN2O7. The number of hydrogen-bond donors (Lipinski definition) is 0. The molecule has 0 aliphatic carbocycles. The van der Waals surface area contributed by atoms with E-state index in [0.29, 0.717) is 15.8 Å². The maximum Gasteiger partial charge on any atom is 0.343 e. The highest BCUT2D eigenvalue weighted by molar-refractivity contribution is 6.30. The fraction of sp³-hybridized carbons (Fsp3) is 0.0645. The van der Waals surface area contributed by atoms with Crippen molar-refractivity contribution in [3.05, 3.63) is 130 Å². The molecule has 5 rings (SSSR count). The molecule has 0 spiro atoms. The van der Waals surface area contributed by atoms with Crippen LogP contribution in [0.5, 0.6) is 11.5 Å². The molecule has 0 N–H and O–H groups in total. The predicted octanol–water partition coefficient (Wildman–Crippen LogP) is 5.10. The SMILES string of the molecule is COc1cccc(C(=O)Oc2ccc(C(=O)CN(C(=O)c3ccc(Cl)cc3)N3C(=O)c4ccccc4C3=O)cc2)c1. The summed E-state index contributed by atoms with van der Waals surface area (Å²) in [7, 11) is 1.48. The summed E-state index contributed by atoms with van der Waals surface area (Å²) in [5.41, 5.74) is 0.819. The third kappa shape index (κ3) is 5.57. The Hall–Kier alpha value is -5.28. The van der Waals surface area contributed by atoms with Gasteiger partial charge in [-0.1, -0.05) is 29.8 Å². The van der Waals surface area contributed by atoms with Crippen LogP contribution in [0.15, 0.2) is 97.1 Å².